The smallest absolute Gasteiger partial charge is 0.243 e. The lowest BCUT2D eigenvalue weighted by Crippen LogP contribution is -2.26. The van der Waals surface area contributed by atoms with Gasteiger partial charge in [0, 0.05) is 25.7 Å². The van der Waals surface area contributed by atoms with Crippen LogP contribution in [0.4, 0.5) is 4.39 Å². The fraction of sp³-hybridized carbons (Fsp3) is 0.231. The lowest BCUT2D eigenvalue weighted by atomic mass is 10.2. The standard InChI is InChI=1S/C13H14ClFN2O3S/c1-17(7-9-2-3-20-8-9)21(18,19)11-4-10(6-16)13(14)12(15)5-11/h2-5,8H,6-7,16H2,1H3. The fourth-order valence-corrected chi connectivity index (χ4v) is 3.23. The van der Waals surface area contributed by atoms with E-state index in [0.29, 0.717) is 5.56 Å². The molecule has 5 nitrogen and oxygen atoms in total. The maximum atomic E-state index is 13.7. The van der Waals surface area contributed by atoms with Crippen molar-refractivity contribution in [1.29, 1.82) is 0 Å². The number of sulfonamides is 1. The normalized spacial score (nSPS) is 12.0. The summed E-state index contributed by atoms with van der Waals surface area (Å²) in [5, 5.41) is -0.158. The molecule has 0 aliphatic rings. The first-order valence-corrected chi connectivity index (χ1v) is 7.83. The maximum absolute atomic E-state index is 13.7. The van der Waals surface area contributed by atoms with Crippen LogP contribution in [0.1, 0.15) is 11.1 Å². The molecule has 0 fully saturated rings. The number of benzene rings is 1. The van der Waals surface area contributed by atoms with E-state index in [4.69, 9.17) is 21.8 Å². The Morgan fingerprint density at radius 2 is 2.14 bits per heavy atom. The third-order valence-corrected chi connectivity index (χ3v) is 5.19. The third-order valence-electron chi connectivity index (χ3n) is 2.99. The predicted molar refractivity (Wildman–Crippen MR) is 76.7 cm³/mol. The van der Waals surface area contributed by atoms with Crippen LogP contribution in [0.2, 0.25) is 5.02 Å². The summed E-state index contributed by atoms with van der Waals surface area (Å²) in [5.41, 5.74) is 6.38. The summed E-state index contributed by atoms with van der Waals surface area (Å²) in [6.07, 6.45) is 2.89. The number of halogens is 2. The van der Waals surface area contributed by atoms with E-state index in [1.807, 2.05) is 0 Å². The molecule has 114 valence electrons. The molecule has 0 unspecified atom stereocenters. The molecule has 0 saturated carbocycles. The molecule has 0 spiro atoms. The van der Waals surface area contributed by atoms with Crippen molar-refractivity contribution in [2.24, 2.45) is 5.73 Å². The highest BCUT2D eigenvalue weighted by Crippen LogP contribution is 2.26. The Labute approximate surface area is 127 Å². The Morgan fingerprint density at radius 1 is 1.43 bits per heavy atom. The molecule has 0 aliphatic heterocycles. The quantitative estimate of drug-likeness (QED) is 0.911. The highest BCUT2D eigenvalue weighted by atomic mass is 35.5. The average Bonchev–Trinajstić information content (AvgIpc) is 2.94. The zero-order valence-corrected chi connectivity index (χ0v) is 12.8. The Bertz CT molecular complexity index is 732. The second kappa shape index (κ2) is 6.15. The highest BCUT2D eigenvalue weighted by Gasteiger charge is 2.23. The van der Waals surface area contributed by atoms with Gasteiger partial charge in [-0.2, -0.15) is 4.31 Å². The molecule has 1 aromatic heterocycles. The molecule has 8 heteroatoms. The van der Waals surface area contributed by atoms with Crippen molar-refractivity contribution in [2.45, 2.75) is 18.0 Å². The summed E-state index contributed by atoms with van der Waals surface area (Å²) >= 11 is 5.73. The van der Waals surface area contributed by atoms with Crippen molar-refractivity contribution in [3.05, 3.63) is 52.7 Å². The minimum Gasteiger partial charge on any atom is -0.472 e. The molecule has 0 amide bonds. The first-order chi connectivity index (χ1) is 9.86. The fourth-order valence-electron chi connectivity index (χ4n) is 1.82. The van der Waals surface area contributed by atoms with E-state index in [1.165, 1.54) is 25.6 Å². The van der Waals surface area contributed by atoms with E-state index in [0.717, 1.165) is 10.4 Å². The van der Waals surface area contributed by atoms with Crippen LogP contribution in [0, 0.1) is 5.82 Å². The molecule has 0 radical (unpaired) electrons. The SMILES string of the molecule is CN(Cc1ccoc1)S(=O)(=O)c1cc(F)c(Cl)c(CN)c1. The van der Waals surface area contributed by atoms with E-state index >= 15 is 0 Å². The van der Waals surface area contributed by atoms with E-state index in [2.05, 4.69) is 0 Å². The van der Waals surface area contributed by atoms with E-state index in [-0.39, 0.29) is 28.6 Å². The van der Waals surface area contributed by atoms with Crippen LogP contribution < -0.4 is 5.73 Å². The molecule has 2 rings (SSSR count). The number of nitrogens with zero attached hydrogens (tertiary/aromatic N) is 1. The van der Waals surface area contributed by atoms with Crippen LogP contribution >= 0.6 is 11.6 Å². The molecule has 0 atom stereocenters. The summed E-state index contributed by atoms with van der Waals surface area (Å²) in [6, 6.07) is 3.83. The van der Waals surface area contributed by atoms with Crippen molar-refractivity contribution < 1.29 is 17.2 Å². The van der Waals surface area contributed by atoms with Crippen LogP contribution in [0.5, 0.6) is 0 Å². The first kappa shape index (κ1) is 16.0. The number of nitrogens with two attached hydrogens (primary N) is 1. The molecule has 0 saturated heterocycles. The molecule has 0 bridgehead atoms. The minimum absolute atomic E-state index is 0.0510. The van der Waals surface area contributed by atoms with Gasteiger partial charge in [-0.05, 0) is 23.8 Å². The van der Waals surface area contributed by atoms with Gasteiger partial charge in [-0.15, -0.1) is 0 Å². The Balaban J connectivity index is 2.37. The van der Waals surface area contributed by atoms with E-state index in [9.17, 15) is 12.8 Å². The predicted octanol–water partition coefficient (Wildman–Crippen LogP) is 2.35. The summed E-state index contributed by atoms with van der Waals surface area (Å²) in [4.78, 5) is -0.184. The second-order valence-electron chi connectivity index (χ2n) is 4.48. The molecule has 1 heterocycles. The number of hydrogen-bond acceptors (Lipinski definition) is 4. The van der Waals surface area contributed by atoms with Gasteiger partial charge in [0.05, 0.1) is 22.4 Å². The molecular formula is C13H14ClFN2O3S. The van der Waals surface area contributed by atoms with Crippen molar-refractivity contribution in [3.63, 3.8) is 0 Å². The van der Waals surface area contributed by atoms with Gasteiger partial charge in [0.15, 0.2) is 0 Å². The lowest BCUT2D eigenvalue weighted by molar-refractivity contribution is 0.462. The monoisotopic (exact) mass is 332 g/mol. The Kier molecular flexibility index (Phi) is 4.67. The molecule has 2 aromatic rings. The molecule has 0 aliphatic carbocycles. The van der Waals surface area contributed by atoms with Crippen molar-refractivity contribution in [2.75, 3.05) is 7.05 Å². The van der Waals surface area contributed by atoms with Gasteiger partial charge in [0.1, 0.15) is 5.82 Å². The van der Waals surface area contributed by atoms with E-state index < -0.39 is 15.8 Å². The number of rotatable bonds is 5. The van der Waals surface area contributed by atoms with Gasteiger partial charge in [-0.25, -0.2) is 12.8 Å². The Morgan fingerprint density at radius 3 is 2.71 bits per heavy atom. The van der Waals surface area contributed by atoms with Gasteiger partial charge < -0.3 is 10.2 Å². The summed E-state index contributed by atoms with van der Waals surface area (Å²) < 4.78 is 44.6. The molecule has 2 N–H and O–H groups in total. The number of hydrogen-bond donors (Lipinski definition) is 1. The highest BCUT2D eigenvalue weighted by molar-refractivity contribution is 7.89. The second-order valence-corrected chi connectivity index (χ2v) is 6.90. The molecular weight excluding hydrogens is 319 g/mol. The summed E-state index contributed by atoms with van der Waals surface area (Å²) in [7, 11) is -2.45. The van der Waals surface area contributed by atoms with Crippen molar-refractivity contribution >= 4 is 21.6 Å². The van der Waals surface area contributed by atoms with E-state index in [1.54, 1.807) is 6.07 Å². The maximum Gasteiger partial charge on any atom is 0.243 e. The lowest BCUT2D eigenvalue weighted by Gasteiger charge is -2.17. The zero-order valence-electron chi connectivity index (χ0n) is 11.2. The topological polar surface area (TPSA) is 76.5 Å². The van der Waals surface area contributed by atoms with Gasteiger partial charge in [0.25, 0.3) is 0 Å². The van der Waals surface area contributed by atoms with Crippen molar-refractivity contribution in [3.8, 4) is 0 Å². The van der Waals surface area contributed by atoms with Crippen LogP contribution in [-0.4, -0.2) is 19.8 Å². The van der Waals surface area contributed by atoms with Gasteiger partial charge in [-0.1, -0.05) is 11.6 Å². The largest absolute Gasteiger partial charge is 0.472 e. The van der Waals surface area contributed by atoms with Crippen LogP contribution in [0.25, 0.3) is 0 Å². The number of furan rings is 1. The summed E-state index contributed by atoms with van der Waals surface area (Å²) in [6.45, 7) is 0.0611. The van der Waals surface area contributed by atoms with Gasteiger partial charge in [-0.3, -0.25) is 0 Å². The minimum atomic E-state index is -3.85. The Hall–Kier alpha value is -1.41. The van der Waals surface area contributed by atoms with Crippen molar-refractivity contribution in [1.82, 2.24) is 4.31 Å². The van der Waals surface area contributed by atoms with Gasteiger partial charge in [0.2, 0.25) is 10.0 Å². The van der Waals surface area contributed by atoms with Crippen LogP contribution in [0.3, 0.4) is 0 Å². The average molecular weight is 333 g/mol. The third kappa shape index (κ3) is 3.26. The summed E-state index contributed by atoms with van der Waals surface area (Å²) in [5.74, 6) is -0.810. The first-order valence-electron chi connectivity index (χ1n) is 6.01. The molecule has 1 aromatic carbocycles. The van der Waals surface area contributed by atoms with Gasteiger partial charge >= 0.3 is 0 Å². The molecule has 21 heavy (non-hydrogen) atoms. The van der Waals surface area contributed by atoms with Crippen LogP contribution in [-0.2, 0) is 23.1 Å². The van der Waals surface area contributed by atoms with Crippen LogP contribution in [0.15, 0.2) is 40.0 Å². The zero-order chi connectivity index (χ0) is 15.6.